The van der Waals surface area contributed by atoms with E-state index in [0.717, 1.165) is 31.2 Å². The van der Waals surface area contributed by atoms with Crippen LogP contribution in [0.2, 0.25) is 0 Å². The highest BCUT2D eigenvalue weighted by Gasteiger charge is 2.25. The summed E-state index contributed by atoms with van der Waals surface area (Å²) in [7, 11) is 3.47. The summed E-state index contributed by atoms with van der Waals surface area (Å²) in [5.74, 6) is 0.511. The highest BCUT2D eigenvalue weighted by Crippen LogP contribution is 2.30. The van der Waals surface area contributed by atoms with Gasteiger partial charge in [-0.05, 0) is 50.3 Å². The fourth-order valence-corrected chi connectivity index (χ4v) is 3.95. The largest absolute Gasteiger partial charge is 0.494 e. The number of benzene rings is 1. The minimum absolute atomic E-state index is 0.00673. The van der Waals surface area contributed by atoms with Gasteiger partial charge in [0.15, 0.2) is 0 Å². The van der Waals surface area contributed by atoms with Gasteiger partial charge in [0.2, 0.25) is 17.8 Å². The molecule has 9 nitrogen and oxygen atoms in total. The first-order chi connectivity index (χ1) is 15.8. The average molecular weight is 459 g/mol. The van der Waals surface area contributed by atoms with Crippen LogP contribution in [-0.2, 0) is 25.7 Å². The molecule has 0 atom stereocenters. The fraction of sp³-hybridized carbons (Fsp3) is 0.583. The molecule has 2 amide bonds. The van der Waals surface area contributed by atoms with Crippen LogP contribution in [-0.4, -0.2) is 66.9 Å². The molecule has 1 saturated carbocycles. The van der Waals surface area contributed by atoms with Crippen molar-refractivity contribution in [2.75, 3.05) is 27.2 Å². The van der Waals surface area contributed by atoms with Crippen LogP contribution in [0.4, 0.5) is 5.69 Å². The maximum atomic E-state index is 12.6. The van der Waals surface area contributed by atoms with E-state index in [9.17, 15) is 14.4 Å². The monoisotopic (exact) mass is 458 g/mol. The number of fused-ring (bicyclic) bond motifs is 1. The summed E-state index contributed by atoms with van der Waals surface area (Å²) >= 11 is 0. The van der Waals surface area contributed by atoms with E-state index in [1.807, 2.05) is 18.2 Å². The van der Waals surface area contributed by atoms with Crippen LogP contribution in [0, 0.1) is 0 Å². The Kier molecular flexibility index (Phi) is 8.68. The first-order valence-electron chi connectivity index (χ1n) is 11.6. The minimum atomic E-state index is -0.318. The number of carbonyl (C=O) groups excluding carboxylic acids is 3. The van der Waals surface area contributed by atoms with E-state index in [1.165, 1.54) is 13.3 Å². The van der Waals surface area contributed by atoms with Crippen LogP contribution < -0.4 is 10.1 Å². The van der Waals surface area contributed by atoms with E-state index in [4.69, 9.17) is 9.47 Å². The maximum Gasteiger partial charge on any atom is 0.325 e. The summed E-state index contributed by atoms with van der Waals surface area (Å²) in [6.45, 7) is 2.24. The predicted octanol–water partition coefficient (Wildman–Crippen LogP) is 2.75. The number of hydrogen-bond acceptors (Lipinski definition) is 7. The van der Waals surface area contributed by atoms with Crippen LogP contribution in [0.25, 0.3) is 0 Å². The highest BCUT2D eigenvalue weighted by molar-refractivity contribution is 5.99. The second-order valence-corrected chi connectivity index (χ2v) is 8.75. The first-order valence-corrected chi connectivity index (χ1v) is 11.6. The number of carbonyl (C=O) groups is 3. The molecule has 0 aromatic heterocycles. The molecule has 9 heteroatoms. The summed E-state index contributed by atoms with van der Waals surface area (Å²) in [4.78, 5) is 43.8. The fourth-order valence-electron chi connectivity index (χ4n) is 3.95. The van der Waals surface area contributed by atoms with E-state index in [-0.39, 0.29) is 30.4 Å². The third-order valence-corrected chi connectivity index (χ3v) is 5.70. The lowest BCUT2D eigenvalue weighted by Gasteiger charge is -2.30. The highest BCUT2D eigenvalue weighted by atomic mass is 16.5. The van der Waals surface area contributed by atoms with E-state index in [0.29, 0.717) is 43.4 Å². The third kappa shape index (κ3) is 7.47. The first kappa shape index (κ1) is 24.5. The number of nitrogens with zero attached hydrogens (tertiary/aromatic N) is 3. The van der Waals surface area contributed by atoms with Gasteiger partial charge in [0.25, 0.3) is 0 Å². The summed E-state index contributed by atoms with van der Waals surface area (Å²) in [6.07, 6.45) is 6.19. The molecule has 1 aliphatic heterocycles. The zero-order valence-electron chi connectivity index (χ0n) is 19.8. The molecule has 0 spiro atoms. The standard InChI is InChI=1S/C24H34N4O5/c1-17(29)25-24-26-21-12-11-20(32-13-7-10-22(30)27(2)3)14-18(21)15-28(24)16-23(31)33-19-8-5-4-6-9-19/h11-12,14,19H,4-10,13,15-16H2,1-3H3,(H,25,26,29). The van der Waals surface area contributed by atoms with Gasteiger partial charge in [-0.3, -0.25) is 19.7 Å². The van der Waals surface area contributed by atoms with E-state index < -0.39 is 0 Å². The van der Waals surface area contributed by atoms with Gasteiger partial charge in [-0.25, -0.2) is 4.99 Å². The van der Waals surface area contributed by atoms with Crippen LogP contribution in [0.3, 0.4) is 0 Å². The average Bonchev–Trinajstić information content (AvgIpc) is 2.77. The molecule has 1 heterocycles. The lowest BCUT2D eigenvalue weighted by molar-refractivity contribution is -0.151. The van der Waals surface area contributed by atoms with Gasteiger partial charge in [0, 0.05) is 39.5 Å². The number of amides is 2. The molecular formula is C24H34N4O5. The quantitative estimate of drug-likeness (QED) is 0.475. The molecule has 1 aromatic carbocycles. The number of nitrogens with one attached hydrogen (secondary N) is 1. The minimum Gasteiger partial charge on any atom is -0.494 e. The molecule has 33 heavy (non-hydrogen) atoms. The lowest BCUT2D eigenvalue weighted by atomic mass is 9.98. The number of ether oxygens (including phenoxy) is 2. The Morgan fingerprint density at radius 2 is 1.94 bits per heavy atom. The van der Waals surface area contributed by atoms with Crippen LogP contribution in [0.15, 0.2) is 23.2 Å². The summed E-state index contributed by atoms with van der Waals surface area (Å²) in [5.41, 5.74) is 1.60. The van der Waals surface area contributed by atoms with E-state index >= 15 is 0 Å². The Morgan fingerprint density at radius 1 is 1.18 bits per heavy atom. The molecule has 1 aromatic rings. The zero-order valence-corrected chi connectivity index (χ0v) is 19.8. The van der Waals surface area contributed by atoms with Crippen molar-refractivity contribution in [2.24, 2.45) is 4.99 Å². The second kappa shape index (κ2) is 11.7. The molecule has 2 aliphatic rings. The topological polar surface area (TPSA) is 101 Å². The van der Waals surface area contributed by atoms with Crippen molar-refractivity contribution in [3.63, 3.8) is 0 Å². The van der Waals surface area contributed by atoms with Crippen molar-refractivity contribution in [1.29, 1.82) is 0 Å². The summed E-state index contributed by atoms with van der Waals surface area (Å²) < 4.78 is 11.5. The normalized spacial score (nSPS) is 15.8. The molecule has 3 rings (SSSR count). The van der Waals surface area contributed by atoms with Crippen LogP contribution in [0.5, 0.6) is 5.75 Å². The number of rotatable bonds is 8. The van der Waals surface area contributed by atoms with Crippen molar-refractivity contribution in [3.8, 4) is 5.75 Å². The molecule has 0 radical (unpaired) electrons. The van der Waals surface area contributed by atoms with Crippen molar-refractivity contribution in [1.82, 2.24) is 15.1 Å². The summed E-state index contributed by atoms with van der Waals surface area (Å²) in [6, 6.07) is 5.53. The van der Waals surface area contributed by atoms with E-state index in [1.54, 1.807) is 23.9 Å². The van der Waals surface area contributed by atoms with Crippen LogP contribution >= 0.6 is 0 Å². The predicted molar refractivity (Wildman–Crippen MR) is 124 cm³/mol. The molecule has 1 N–H and O–H groups in total. The Hall–Kier alpha value is -3.10. The Labute approximate surface area is 195 Å². The van der Waals surface area contributed by atoms with Gasteiger partial charge >= 0.3 is 5.97 Å². The van der Waals surface area contributed by atoms with Gasteiger partial charge in [-0.15, -0.1) is 0 Å². The van der Waals surface area contributed by atoms with Gasteiger partial charge < -0.3 is 19.3 Å². The third-order valence-electron chi connectivity index (χ3n) is 5.70. The number of aliphatic imine (C=N–C) groups is 1. The number of esters is 1. The van der Waals surface area contributed by atoms with Crippen molar-refractivity contribution < 1.29 is 23.9 Å². The molecule has 0 saturated heterocycles. The zero-order chi connectivity index (χ0) is 23.8. The Bertz CT molecular complexity index is 893. The van der Waals surface area contributed by atoms with Crippen molar-refractivity contribution >= 4 is 29.4 Å². The molecular weight excluding hydrogens is 424 g/mol. The van der Waals surface area contributed by atoms with Gasteiger partial charge in [0.1, 0.15) is 18.4 Å². The van der Waals surface area contributed by atoms with E-state index in [2.05, 4.69) is 10.3 Å². The Balaban J connectivity index is 1.63. The summed E-state index contributed by atoms with van der Waals surface area (Å²) in [5, 5.41) is 2.72. The smallest absolute Gasteiger partial charge is 0.325 e. The molecule has 1 fully saturated rings. The van der Waals surface area contributed by atoms with Crippen molar-refractivity contribution in [3.05, 3.63) is 23.8 Å². The van der Waals surface area contributed by atoms with Crippen molar-refractivity contribution in [2.45, 2.75) is 64.5 Å². The molecule has 1 aliphatic carbocycles. The molecule has 0 unspecified atom stereocenters. The molecule has 0 bridgehead atoms. The maximum absolute atomic E-state index is 12.6. The van der Waals surface area contributed by atoms with Gasteiger partial charge in [-0.2, -0.15) is 0 Å². The van der Waals surface area contributed by atoms with Gasteiger partial charge in [0.05, 0.1) is 12.3 Å². The van der Waals surface area contributed by atoms with Crippen LogP contribution in [0.1, 0.15) is 57.4 Å². The number of guanidine groups is 1. The second-order valence-electron chi connectivity index (χ2n) is 8.75. The van der Waals surface area contributed by atoms with Gasteiger partial charge in [-0.1, -0.05) is 6.42 Å². The SMILES string of the molecule is CC(=O)NC1=Nc2ccc(OCCCC(=O)N(C)C)cc2CN1CC(=O)OC1CCCCC1. The number of hydrogen-bond donors (Lipinski definition) is 1. The molecule has 180 valence electrons. The Morgan fingerprint density at radius 3 is 2.64 bits per heavy atom. The lowest BCUT2D eigenvalue weighted by Crippen LogP contribution is -2.47.